The summed E-state index contributed by atoms with van der Waals surface area (Å²) in [5, 5.41) is 4.18. The van der Waals surface area contributed by atoms with Gasteiger partial charge in [0.25, 0.3) is 0 Å². The maximum absolute atomic E-state index is 11.7. The number of nitrogens with zero attached hydrogens (tertiary/aromatic N) is 2. The predicted molar refractivity (Wildman–Crippen MR) is 70.6 cm³/mol. The molecule has 2 aromatic rings. The average Bonchev–Trinajstić information content (AvgIpc) is 3.08. The zero-order chi connectivity index (χ0) is 15.0. The molecule has 7 heteroatoms. The number of esters is 2. The van der Waals surface area contributed by atoms with Crippen molar-refractivity contribution < 1.29 is 23.8 Å². The van der Waals surface area contributed by atoms with Gasteiger partial charge in [-0.25, -0.2) is 14.3 Å². The van der Waals surface area contributed by atoms with E-state index < -0.39 is 11.9 Å². The van der Waals surface area contributed by atoms with Crippen molar-refractivity contribution in [2.24, 2.45) is 0 Å². The summed E-state index contributed by atoms with van der Waals surface area (Å²) in [6, 6.07) is 7.07. The van der Waals surface area contributed by atoms with Crippen molar-refractivity contribution in [3.8, 4) is 11.4 Å². The number of cyclic esters (lactones) is 1. The minimum absolute atomic E-state index is 0.0363. The Kier molecular flexibility index (Phi) is 3.09. The van der Waals surface area contributed by atoms with Crippen LogP contribution in [0.3, 0.4) is 0 Å². The van der Waals surface area contributed by atoms with Crippen molar-refractivity contribution in [2.45, 2.75) is 6.61 Å². The normalized spacial score (nSPS) is 12.8. The largest absolute Gasteiger partial charge is 0.497 e. The molecule has 0 bridgehead atoms. The van der Waals surface area contributed by atoms with E-state index in [-0.39, 0.29) is 17.9 Å². The highest BCUT2D eigenvalue weighted by molar-refractivity contribution is 6.04. The van der Waals surface area contributed by atoms with E-state index in [9.17, 15) is 9.59 Å². The standard InChI is InChI=1S/C14H12N2O5/c1-19-9-5-3-8(4-6-9)16-10-7-21-13(17)11(10)12(15-16)14(18)20-2/h3-6H,7H2,1-2H3. The predicted octanol–water partition coefficient (Wildman–Crippen LogP) is 1.34. The summed E-state index contributed by atoms with van der Waals surface area (Å²) in [4.78, 5) is 23.5. The zero-order valence-corrected chi connectivity index (χ0v) is 11.5. The fourth-order valence-corrected chi connectivity index (χ4v) is 2.18. The van der Waals surface area contributed by atoms with Gasteiger partial charge in [0.2, 0.25) is 0 Å². The maximum Gasteiger partial charge on any atom is 0.359 e. The molecule has 0 spiro atoms. The Hall–Kier alpha value is -2.83. The van der Waals surface area contributed by atoms with Crippen LogP contribution in [0.25, 0.3) is 5.69 Å². The Morgan fingerprint density at radius 1 is 1.29 bits per heavy atom. The van der Waals surface area contributed by atoms with Crippen LogP contribution in [0.5, 0.6) is 5.75 Å². The number of hydrogen-bond donors (Lipinski definition) is 0. The third-order valence-electron chi connectivity index (χ3n) is 3.22. The minimum atomic E-state index is -0.669. The number of methoxy groups -OCH3 is 2. The van der Waals surface area contributed by atoms with E-state index >= 15 is 0 Å². The summed E-state index contributed by atoms with van der Waals surface area (Å²) >= 11 is 0. The van der Waals surface area contributed by atoms with Crippen molar-refractivity contribution >= 4 is 11.9 Å². The molecule has 0 saturated carbocycles. The summed E-state index contributed by atoms with van der Waals surface area (Å²) in [5.41, 5.74) is 1.36. The van der Waals surface area contributed by atoms with Gasteiger partial charge in [0.1, 0.15) is 17.9 Å². The van der Waals surface area contributed by atoms with E-state index in [1.807, 2.05) is 0 Å². The van der Waals surface area contributed by atoms with E-state index in [1.54, 1.807) is 31.4 Å². The molecule has 0 fully saturated rings. The molecule has 1 aromatic heterocycles. The van der Waals surface area contributed by atoms with E-state index in [0.29, 0.717) is 17.1 Å². The van der Waals surface area contributed by atoms with Gasteiger partial charge in [0.05, 0.1) is 25.6 Å². The van der Waals surface area contributed by atoms with Gasteiger partial charge < -0.3 is 14.2 Å². The molecule has 108 valence electrons. The van der Waals surface area contributed by atoms with Gasteiger partial charge in [-0.1, -0.05) is 0 Å². The highest BCUT2D eigenvalue weighted by atomic mass is 16.5. The van der Waals surface area contributed by atoms with Crippen molar-refractivity contribution in [3.63, 3.8) is 0 Å². The van der Waals surface area contributed by atoms with Crippen LogP contribution in [-0.2, 0) is 16.1 Å². The monoisotopic (exact) mass is 288 g/mol. The molecule has 0 unspecified atom stereocenters. The Labute approximate surface area is 120 Å². The van der Waals surface area contributed by atoms with Gasteiger partial charge in [0, 0.05) is 0 Å². The SMILES string of the molecule is COC(=O)c1nn(-c2ccc(OC)cc2)c2c1C(=O)OC2. The van der Waals surface area contributed by atoms with Crippen LogP contribution in [0.2, 0.25) is 0 Å². The van der Waals surface area contributed by atoms with Crippen molar-refractivity contribution in [2.75, 3.05) is 14.2 Å². The molecule has 0 N–H and O–H groups in total. The third-order valence-corrected chi connectivity index (χ3v) is 3.22. The average molecular weight is 288 g/mol. The second-order valence-electron chi connectivity index (χ2n) is 4.35. The molecule has 1 aliphatic heterocycles. The molecular formula is C14H12N2O5. The van der Waals surface area contributed by atoms with Crippen LogP contribution in [0.15, 0.2) is 24.3 Å². The smallest absolute Gasteiger partial charge is 0.359 e. The molecule has 3 rings (SSSR count). The highest BCUT2D eigenvalue weighted by Gasteiger charge is 2.35. The number of ether oxygens (including phenoxy) is 3. The Balaban J connectivity index is 2.13. The van der Waals surface area contributed by atoms with Crippen LogP contribution in [0, 0.1) is 0 Å². The highest BCUT2D eigenvalue weighted by Crippen LogP contribution is 2.27. The number of aromatic nitrogens is 2. The van der Waals surface area contributed by atoms with Gasteiger partial charge in [0.15, 0.2) is 5.69 Å². The lowest BCUT2D eigenvalue weighted by atomic mass is 10.2. The lowest BCUT2D eigenvalue weighted by Gasteiger charge is -2.06. The van der Waals surface area contributed by atoms with Crippen LogP contribution < -0.4 is 4.74 Å². The first-order valence-electron chi connectivity index (χ1n) is 6.17. The number of benzene rings is 1. The molecule has 21 heavy (non-hydrogen) atoms. The summed E-state index contributed by atoms with van der Waals surface area (Å²) in [5.74, 6) is -0.536. The number of hydrogen-bond acceptors (Lipinski definition) is 6. The second-order valence-corrected chi connectivity index (χ2v) is 4.35. The lowest BCUT2D eigenvalue weighted by Crippen LogP contribution is -2.09. The quantitative estimate of drug-likeness (QED) is 0.793. The van der Waals surface area contributed by atoms with Gasteiger partial charge in [-0.15, -0.1) is 0 Å². The molecule has 2 heterocycles. The van der Waals surface area contributed by atoms with Gasteiger partial charge in [-0.2, -0.15) is 5.10 Å². The van der Waals surface area contributed by atoms with Crippen LogP contribution in [0.1, 0.15) is 26.5 Å². The van der Waals surface area contributed by atoms with Gasteiger partial charge in [-0.3, -0.25) is 0 Å². The van der Waals surface area contributed by atoms with Gasteiger partial charge >= 0.3 is 11.9 Å². The van der Waals surface area contributed by atoms with Crippen LogP contribution >= 0.6 is 0 Å². The van der Waals surface area contributed by atoms with Gasteiger partial charge in [-0.05, 0) is 24.3 Å². The van der Waals surface area contributed by atoms with E-state index in [0.717, 1.165) is 0 Å². The minimum Gasteiger partial charge on any atom is -0.497 e. The van der Waals surface area contributed by atoms with Crippen LogP contribution in [0.4, 0.5) is 0 Å². The molecule has 7 nitrogen and oxygen atoms in total. The molecule has 1 aliphatic rings. The maximum atomic E-state index is 11.7. The molecule has 0 amide bonds. The summed E-state index contributed by atoms with van der Waals surface area (Å²) in [6.45, 7) is 0.0736. The zero-order valence-electron chi connectivity index (χ0n) is 11.5. The Morgan fingerprint density at radius 3 is 2.62 bits per heavy atom. The summed E-state index contributed by atoms with van der Waals surface area (Å²) < 4.78 is 16.2. The molecule has 0 atom stereocenters. The molecule has 0 aliphatic carbocycles. The Bertz CT molecular complexity index is 718. The fourth-order valence-electron chi connectivity index (χ4n) is 2.18. The van der Waals surface area contributed by atoms with E-state index in [4.69, 9.17) is 9.47 Å². The topological polar surface area (TPSA) is 79.6 Å². The van der Waals surface area contributed by atoms with Crippen molar-refractivity contribution in [1.82, 2.24) is 9.78 Å². The lowest BCUT2D eigenvalue weighted by molar-refractivity contribution is 0.0506. The third kappa shape index (κ3) is 2.03. The first kappa shape index (κ1) is 13.2. The Morgan fingerprint density at radius 2 is 2.00 bits per heavy atom. The number of fused-ring (bicyclic) bond motifs is 1. The second kappa shape index (κ2) is 4.93. The number of carbonyl (C=O) groups excluding carboxylic acids is 2. The summed E-state index contributed by atoms with van der Waals surface area (Å²) in [6.07, 6.45) is 0. The summed E-state index contributed by atoms with van der Waals surface area (Å²) in [7, 11) is 2.81. The van der Waals surface area contributed by atoms with E-state index in [2.05, 4.69) is 9.84 Å². The first-order valence-corrected chi connectivity index (χ1v) is 6.17. The molecule has 1 aromatic carbocycles. The molecule has 0 saturated heterocycles. The van der Waals surface area contributed by atoms with Crippen molar-refractivity contribution in [1.29, 1.82) is 0 Å². The van der Waals surface area contributed by atoms with E-state index in [1.165, 1.54) is 11.8 Å². The number of carbonyl (C=O) groups is 2. The fraction of sp³-hybridized carbons (Fsp3) is 0.214. The molecular weight excluding hydrogens is 276 g/mol. The number of rotatable bonds is 3. The van der Waals surface area contributed by atoms with Crippen LogP contribution in [-0.4, -0.2) is 35.9 Å². The molecule has 0 radical (unpaired) electrons. The first-order chi connectivity index (χ1) is 10.2. The van der Waals surface area contributed by atoms with Crippen molar-refractivity contribution in [3.05, 3.63) is 41.2 Å².